The van der Waals surface area contributed by atoms with E-state index >= 15 is 0 Å². The van der Waals surface area contributed by atoms with Gasteiger partial charge in [-0.1, -0.05) is 0 Å². The summed E-state index contributed by atoms with van der Waals surface area (Å²) in [5.41, 5.74) is 1.08. The Balaban J connectivity index is 1.37. The van der Waals surface area contributed by atoms with Crippen LogP contribution in [0.4, 0.5) is 5.69 Å². The molecule has 21 heavy (non-hydrogen) atoms. The van der Waals surface area contributed by atoms with Crippen molar-refractivity contribution in [2.75, 3.05) is 25.5 Å². The van der Waals surface area contributed by atoms with Gasteiger partial charge in [0.15, 0.2) is 5.96 Å². The molecular weight excluding hydrogens is 266 g/mol. The Hall–Kier alpha value is -1.82. The van der Waals surface area contributed by atoms with Crippen LogP contribution in [0, 0.1) is 0 Å². The van der Waals surface area contributed by atoms with Gasteiger partial charge < -0.3 is 20.7 Å². The van der Waals surface area contributed by atoms with Gasteiger partial charge in [-0.05, 0) is 31.4 Å². The van der Waals surface area contributed by atoms with E-state index in [2.05, 4.69) is 25.9 Å². The van der Waals surface area contributed by atoms with Crippen molar-refractivity contribution in [1.29, 1.82) is 0 Å². The molecule has 0 radical (unpaired) electrons. The summed E-state index contributed by atoms with van der Waals surface area (Å²) < 4.78 is 5.85. The standard InChI is InChI=1S/C15H23N5O/c1-16-15(20-13-10-12-2-3-14(13)21-12)19-9-8-18-11-4-6-17-7-5-11/h4-7,12-14H,2-3,8-10H2,1H3,(H,17,18)(H2,16,19,20). The summed E-state index contributed by atoms with van der Waals surface area (Å²) in [7, 11) is 1.81. The lowest BCUT2D eigenvalue weighted by molar-refractivity contribution is 0.0992. The molecule has 3 unspecified atom stereocenters. The minimum atomic E-state index is 0.364. The van der Waals surface area contributed by atoms with Crippen LogP contribution in [-0.4, -0.2) is 49.3 Å². The van der Waals surface area contributed by atoms with Gasteiger partial charge in [-0.25, -0.2) is 0 Å². The van der Waals surface area contributed by atoms with E-state index in [9.17, 15) is 0 Å². The van der Waals surface area contributed by atoms with Crippen molar-refractivity contribution >= 4 is 11.6 Å². The molecule has 2 saturated heterocycles. The third-order valence-corrected chi connectivity index (χ3v) is 4.08. The average molecular weight is 289 g/mol. The third-order valence-electron chi connectivity index (χ3n) is 4.08. The molecule has 2 aliphatic heterocycles. The van der Waals surface area contributed by atoms with Gasteiger partial charge in [-0.2, -0.15) is 0 Å². The van der Waals surface area contributed by atoms with E-state index in [0.717, 1.165) is 31.2 Å². The summed E-state index contributed by atoms with van der Waals surface area (Å²) >= 11 is 0. The van der Waals surface area contributed by atoms with Gasteiger partial charge in [0.25, 0.3) is 0 Å². The Morgan fingerprint density at radius 3 is 2.86 bits per heavy atom. The summed E-state index contributed by atoms with van der Waals surface area (Å²) in [6.45, 7) is 1.64. The van der Waals surface area contributed by atoms with Gasteiger partial charge in [-0.3, -0.25) is 9.98 Å². The summed E-state index contributed by atoms with van der Waals surface area (Å²) in [5, 5.41) is 10.1. The number of ether oxygens (including phenoxy) is 1. The SMILES string of the molecule is CN=C(NCCNc1ccncc1)NC1CC2CCC1O2. The maximum Gasteiger partial charge on any atom is 0.191 e. The zero-order valence-electron chi connectivity index (χ0n) is 12.4. The number of fused-ring (bicyclic) bond motifs is 2. The lowest BCUT2D eigenvalue weighted by Crippen LogP contribution is -2.48. The Morgan fingerprint density at radius 2 is 2.19 bits per heavy atom. The number of nitrogens with one attached hydrogen (secondary N) is 3. The second kappa shape index (κ2) is 6.76. The second-order valence-electron chi connectivity index (χ2n) is 5.52. The number of nitrogens with zero attached hydrogens (tertiary/aromatic N) is 2. The van der Waals surface area contributed by atoms with Gasteiger partial charge in [0, 0.05) is 38.2 Å². The molecule has 2 aliphatic rings. The zero-order chi connectivity index (χ0) is 14.5. The van der Waals surface area contributed by atoms with Crippen molar-refractivity contribution in [3.63, 3.8) is 0 Å². The molecule has 3 rings (SSSR count). The first-order valence-corrected chi connectivity index (χ1v) is 7.61. The first-order valence-electron chi connectivity index (χ1n) is 7.61. The lowest BCUT2D eigenvalue weighted by Gasteiger charge is -2.22. The molecule has 3 atom stereocenters. The maximum absolute atomic E-state index is 5.85. The van der Waals surface area contributed by atoms with Gasteiger partial charge in [0.2, 0.25) is 0 Å². The number of guanidine groups is 1. The summed E-state index contributed by atoms with van der Waals surface area (Å²) in [5.74, 6) is 0.854. The molecule has 6 heteroatoms. The number of hydrogen-bond acceptors (Lipinski definition) is 4. The van der Waals surface area contributed by atoms with Crippen LogP contribution >= 0.6 is 0 Å². The van der Waals surface area contributed by atoms with Crippen LogP contribution in [0.15, 0.2) is 29.5 Å². The topological polar surface area (TPSA) is 70.6 Å². The van der Waals surface area contributed by atoms with E-state index in [1.54, 1.807) is 19.4 Å². The quantitative estimate of drug-likeness (QED) is 0.428. The Bertz CT molecular complexity index is 478. The zero-order valence-corrected chi connectivity index (χ0v) is 12.4. The molecule has 0 aromatic carbocycles. The molecule has 3 heterocycles. The van der Waals surface area contributed by atoms with Gasteiger partial charge >= 0.3 is 0 Å². The maximum atomic E-state index is 5.85. The van der Waals surface area contributed by atoms with Crippen LogP contribution in [-0.2, 0) is 4.74 Å². The second-order valence-corrected chi connectivity index (χ2v) is 5.52. The molecule has 2 bridgehead atoms. The monoisotopic (exact) mass is 289 g/mol. The van der Waals surface area contributed by atoms with E-state index in [-0.39, 0.29) is 0 Å². The summed E-state index contributed by atoms with van der Waals surface area (Å²) in [6.07, 6.45) is 7.87. The fourth-order valence-electron chi connectivity index (χ4n) is 3.02. The number of pyridine rings is 1. The van der Waals surface area contributed by atoms with E-state index in [4.69, 9.17) is 4.74 Å². The predicted octanol–water partition coefficient (Wildman–Crippen LogP) is 0.978. The molecular formula is C15H23N5O. The fourth-order valence-corrected chi connectivity index (χ4v) is 3.02. The Kier molecular flexibility index (Phi) is 4.55. The molecule has 0 spiro atoms. The van der Waals surface area contributed by atoms with Crippen LogP contribution in [0.2, 0.25) is 0 Å². The number of hydrogen-bond donors (Lipinski definition) is 3. The predicted molar refractivity (Wildman–Crippen MR) is 83.5 cm³/mol. The summed E-state index contributed by atoms with van der Waals surface area (Å²) in [4.78, 5) is 8.28. The average Bonchev–Trinajstić information content (AvgIpc) is 3.14. The fraction of sp³-hybridized carbons (Fsp3) is 0.600. The van der Waals surface area contributed by atoms with Crippen molar-refractivity contribution in [1.82, 2.24) is 15.6 Å². The van der Waals surface area contributed by atoms with Gasteiger partial charge in [-0.15, -0.1) is 0 Å². The van der Waals surface area contributed by atoms with E-state index in [1.165, 1.54) is 12.8 Å². The molecule has 3 N–H and O–H groups in total. The number of rotatable bonds is 5. The Morgan fingerprint density at radius 1 is 1.33 bits per heavy atom. The first-order chi connectivity index (χ1) is 10.3. The largest absolute Gasteiger partial charge is 0.383 e. The highest BCUT2D eigenvalue weighted by molar-refractivity contribution is 5.80. The first kappa shape index (κ1) is 14.1. The van der Waals surface area contributed by atoms with Crippen molar-refractivity contribution < 1.29 is 4.74 Å². The molecule has 1 aromatic heterocycles. The Labute approximate surface area is 125 Å². The van der Waals surface area contributed by atoms with Crippen LogP contribution in [0.25, 0.3) is 0 Å². The van der Waals surface area contributed by atoms with Crippen LogP contribution in [0.1, 0.15) is 19.3 Å². The minimum Gasteiger partial charge on any atom is -0.383 e. The van der Waals surface area contributed by atoms with Crippen LogP contribution in [0.3, 0.4) is 0 Å². The molecule has 114 valence electrons. The van der Waals surface area contributed by atoms with Crippen molar-refractivity contribution in [2.45, 2.75) is 37.5 Å². The smallest absolute Gasteiger partial charge is 0.191 e. The van der Waals surface area contributed by atoms with E-state index in [0.29, 0.717) is 18.2 Å². The summed E-state index contributed by atoms with van der Waals surface area (Å²) in [6, 6.07) is 4.32. The van der Waals surface area contributed by atoms with Crippen LogP contribution in [0.5, 0.6) is 0 Å². The molecule has 6 nitrogen and oxygen atoms in total. The van der Waals surface area contributed by atoms with Gasteiger partial charge in [0.05, 0.1) is 18.2 Å². The third kappa shape index (κ3) is 3.64. The van der Waals surface area contributed by atoms with Crippen molar-refractivity contribution in [3.05, 3.63) is 24.5 Å². The molecule has 0 amide bonds. The van der Waals surface area contributed by atoms with E-state index < -0.39 is 0 Å². The minimum absolute atomic E-state index is 0.364. The molecule has 0 aliphatic carbocycles. The lowest BCUT2D eigenvalue weighted by atomic mass is 9.96. The van der Waals surface area contributed by atoms with Crippen molar-refractivity contribution in [3.8, 4) is 0 Å². The number of aromatic nitrogens is 1. The van der Waals surface area contributed by atoms with Crippen molar-refractivity contribution in [2.24, 2.45) is 4.99 Å². The van der Waals surface area contributed by atoms with Gasteiger partial charge in [0.1, 0.15) is 0 Å². The highest BCUT2D eigenvalue weighted by Gasteiger charge is 2.40. The number of aliphatic imine (C=N–C) groups is 1. The highest BCUT2D eigenvalue weighted by Crippen LogP contribution is 2.34. The van der Waals surface area contributed by atoms with E-state index in [1.807, 2.05) is 12.1 Å². The van der Waals surface area contributed by atoms with Crippen LogP contribution < -0.4 is 16.0 Å². The normalized spacial score (nSPS) is 27.7. The molecule has 2 fully saturated rings. The highest BCUT2D eigenvalue weighted by atomic mass is 16.5. The number of anilines is 1. The molecule has 0 saturated carbocycles. The molecule has 1 aromatic rings.